The maximum atomic E-state index is 12.4. The molecule has 0 bridgehead atoms. The number of carbonyl (C=O) groups excluding carboxylic acids is 2. The molecule has 0 spiro atoms. The number of hydrogen-bond donors (Lipinski definition) is 3. The zero-order valence-electron chi connectivity index (χ0n) is 17.0. The summed E-state index contributed by atoms with van der Waals surface area (Å²) in [5.74, 6) is 0.0877. The first-order chi connectivity index (χ1) is 13.8. The van der Waals surface area contributed by atoms with Gasteiger partial charge in [0.25, 0.3) is 5.91 Å². The van der Waals surface area contributed by atoms with E-state index in [2.05, 4.69) is 10.6 Å². The molecule has 29 heavy (non-hydrogen) atoms. The maximum Gasteiger partial charge on any atom is 0.291 e. The summed E-state index contributed by atoms with van der Waals surface area (Å²) in [4.78, 5) is 24.8. The van der Waals surface area contributed by atoms with Crippen LogP contribution >= 0.6 is 0 Å². The van der Waals surface area contributed by atoms with Crippen LogP contribution in [0.2, 0.25) is 0 Å². The van der Waals surface area contributed by atoms with E-state index < -0.39 is 5.54 Å². The van der Waals surface area contributed by atoms with Crippen LogP contribution in [0.1, 0.15) is 36.9 Å². The quantitative estimate of drug-likeness (QED) is 0.570. The summed E-state index contributed by atoms with van der Waals surface area (Å²) in [5, 5.41) is 6.72. The number of nitrogens with two attached hydrogens (primary N) is 1. The lowest BCUT2D eigenvalue weighted by Gasteiger charge is -2.33. The number of fused-ring (bicyclic) bond motifs is 1. The van der Waals surface area contributed by atoms with Crippen molar-refractivity contribution in [1.29, 1.82) is 0 Å². The van der Waals surface area contributed by atoms with E-state index >= 15 is 0 Å². The Kier molecular flexibility index (Phi) is 6.03. The Morgan fingerprint density at radius 3 is 2.41 bits per heavy atom. The van der Waals surface area contributed by atoms with E-state index in [1.54, 1.807) is 18.2 Å². The van der Waals surface area contributed by atoms with E-state index in [1.165, 1.54) is 0 Å². The van der Waals surface area contributed by atoms with Crippen LogP contribution in [0, 0.1) is 5.92 Å². The van der Waals surface area contributed by atoms with Gasteiger partial charge in [-0.25, -0.2) is 0 Å². The van der Waals surface area contributed by atoms with Gasteiger partial charge in [-0.05, 0) is 42.7 Å². The molecule has 1 atom stereocenters. The van der Waals surface area contributed by atoms with Crippen LogP contribution in [0.25, 0.3) is 11.0 Å². The largest absolute Gasteiger partial charge is 0.451 e. The van der Waals surface area contributed by atoms with Crippen molar-refractivity contribution in [3.63, 3.8) is 0 Å². The lowest BCUT2D eigenvalue weighted by Crippen LogP contribution is -2.55. The zero-order valence-corrected chi connectivity index (χ0v) is 17.0. The van der Waals surface area contributed by atoms with Gasteiger partial charge in [0, 0.05) is 17.6 Å². The normalized spacial score (nSPS) is 13.3. The van der Waals surface area contributed by atoms with Gasteiger partial charge in [-0.3, -0.25) is 9.59 Å². The number of furan rings is 1. The highest BCUT2D eigenvalue weighted by molar-refractivity contribution is 6.04. The van der Waals surface area contributed by atoms with Crippen molar-refractivity contribution >= 4 is 28.5 Å². The minimum atomic E-state index is -0.433. The second kappa shape index (κ2) is 8.49. The summed E-state index contributed by atoms with van der Waals surface area (Å²) in [7, 11) is 0. The molecule has 0 aliphatic carbocycles. The summed E-state index contributed by atoms with van der Waals surface area (Å²) in [6.07, 6.45) is 0.250. The maximum absolute atomic E-state index is 12.4. The highest BCUT2D eigenvalue weighted by atomic mass is 16.3. The minimum absolute atomic E-state index is 0.0780. The van der Waals surface area contributed by atoms with E-state index in [0.717, 1.165) is 10.9 Å². The van der Waals surface area contributed by atoms with Crippen LogP contribution in [0.4, 0.5) is 5.69 Å². The Hall–Kier alpha value is -3.12. The Morgan fingerprint density at radius 1 is 1.10 bits per heavy atom. The molecule has 0 aliphatic heterocycles. The number of para-hydroxylation sites is 1. The number of amides is 2. The fourth-order valence-corrected chi connectivity index (χ4v) is 2.97. The van der Waals surface area contributed by atoms with Gasteiger partial charge in [-0.2, -0.15) is 0 Å². The molecule has 0 aliphatic rings. The summed E-state index contributed by atoms with van der Waals surface area (Å²) in [5.41, 5.74) is 7.55. The van der Waals surface area contributed by atoms with Crippen LogP contribution < -0.4 is 16.4 Å². The van der Waals surface area contributed by atoms with Gasteiger partial charge in [-0.15, -0.1) is 0 Å². The Bertz CT molecular complexity index is 975. The third-order valence-electron chi connectivity index (χ3n) is 5.35. The summed E-state index contributed by atoms with van der Waals surface area (Å²) < 4.78 is 5.58. The zero-order chi connectivity index (χ0) is 21.0. The van der Waals surface area contributed by atoms with Crippen LogP contribution in [-0.4, -0.2) is 23.9 Å². The van der Waals surface area contributed by atoms with Gasteiger partial charge >= 0.3 is 0 Å². The Labute approximate surface area is 170 Å². The third kappa shape index (κ3) is 4.84. The first-order valence-corrected chi connectivity index (χ1v) is 9.70. The third-order valence-corrected chi connectivity index (χ3v) is 5.35. The van der Waals surface area contributed by atoms with Gasteiger partial charge in [0.15, 0.2) is 5.76 Å². The molecule has 2 aromatic carbocycles. The Morgan fingerprint density at radius 2 is 1.79 bits per heavy atom. The van der Waals surface area contributed by atoms with Crippen molar-refractivity contribution < 1.29 is 14.0 Å². The molecule has 0 saturated carbocycles. The number of carbonyl (C=O) groups is 2. The van der Waals surface area contributed by atoms with Gasteiger partial charge < -0.3 is 20.8 Å². The molecule has 0 saturated heterocycles. The standard InChI is InChI=1S/C23H27N3O3/c1-15(2)23(3,14-24)26-21(27)12-16-8-10-18(11-9-16)25-22(28)20-13-17-6-4-5-7-19(17)29-20/h4-11,13,15H,12,14,24H2,1-3H3,(H,25,28)(H,26,27). The summed E-state index contributed by atoms with van der Waals surface area (Å²) in [6.45, 7) is 6.40. The molecule has 152 valence electrons. The Balaban J connectivity index is 1.61. The highest BCUT2D eigenvalue weighted by Gasteiger charge is 2.28. The molecule has 0 radical (unpaired) electrons. The van der Waals surface area contributed by atoms with Crippen molar-refractivity contribution in [3.8, 4) is 0 Å². The monoisotopic (exact) mass is 393 g/mol. The first kappa shape index (κ1) is 20.6. The van der Waals surface area contributed by atoms with E-state index in [9.17, 15) is 9.59 Å². The number of anilines is 1. The molecule has 1 unspecified atom stereocenters. The molecule has 1 aromatic heterocycles. The number of hydrogen-bond acceptors (Lipinski definition) is 4. The van der Waals surface area contributed by atoms with E-state index in [4.69, 9.17) is 10.2 Å². The lowest BCUT2D eigenvalue weighted by atomic mass is 9.88. The molecule has 6 nitrogen and oxygen atoms in total. The van der Waals surface area contributed by atoms with Crippen LogP contribution in [0.5, 0.6) is 0 Å². The van der Waals surface area contributed by atoms with Crippen molar-refractivity contribution in [2.45, 2.75) is 32.7 Å². The number of benzene rings is 2. The molecule has 6 heteroatoms. The highest BCUT2D eigenvalue weighted by Crippen LogP contribution is 2.20. The fourth-order valence-electron chi connectivity index (χ4n) is 2.97. The van der Waals surface area contributed by atoms with Gasteiger partial charge in [0.05, 0.1) is 12.0 Å². The van der Waals surface area contributed by atoms with E-state index in [-0.39, 0.29) is 29.9 Å². The van der Waals surface area contributed by atoms with Crippen LogP contribution in [-0.2, 0) is 11.2 Å². The summed E-state index contributed by atoms with van der Waals surface area (Å²) in [6, 6.07) is 16.4. The molecular weight excluding hydrogens is 366 g/mol. The van der Waals surface area contributed by atoms with Crippen LogP contribution in [0.15, 0.2) is 59.0 Å². The van der Waals surface area contributed by atoms with Gasteiger partial charge in [-0.1, -0.05) is 44.2 Å². The minimum Gasteiger partial charge on any atom is -0.451 e. The SMILES string of the molecule is CC(C)C(C)(CN)NC(=O)Cc1ccc(NC(=O)c2cc3ccccc3o2)cc1. The van der Waals surface area contributed by atoms with E-state index in [0.29, 0.717) is 17.8 Å². The summed E-state index contributed by atoms with van der Waals surface area (Å²) >= 11 is 0. The molecule has 2 amide bonds. The molecule has 4 N–H and O–H groups in total. The molecule has 0 fully saturated rings. The second-order valence-electron chi connectivity index (χ2n) is 7.80. The number of rotatable bonds is 7. The molecular formula is C23H27N3O3. The second-order valence-corrected chi connectivity index (χ2v) is 7.80. The predicted octanol–water partition coefficient (Wildman–Crippen LogP) is 3.72. The van der Waals surface area contributed by atoms with Crippen LogP contribution in [0.3, 0.4) is 0 Å². The van der Waals surface area contributed by atoms with Crippen molar-refractivity contribution in [2.24, 2.45) is 11.7 Å². The smallest absolute Gasteiger partial charge is 0.291 e. The fraction of sp³-hybridized carbons (Fsp3) is 0.304. The first-order valence-electron chi connectivity index (χ1n) is 9.70. The average Bonchev–Trinajstić information content (AvgIpc) is 3.13. The predicted molar refractivity (Wildman–Crippen MR) is 115 cm³/mol. The average molecular weight is 393 g/mol. The number of nitrogens with one attached hydrogen (secondary N) is 2. The van der Waals surface area contributed by atoms with Crippen molar-refractivity contribution in [2.75, 3.05) is 11.9 Å². The topological polar surface area (TPSA) is 97.4 Å². The van der Waals surface area contributed by atoms with Gasteiger partial charge in [0.1, 0.15) is 5.58 Å². The molecule has 3 aromatic rings. The van der Waals surface area contributed by atoms with Crippen molar-refractivity contribution in [1.82, 2.24) is 5.32 Å². The van der Waals surface area contributed by atoms with Crippen molar-refractivity contribution in [3.05, 3.63) is 65.9 Å². The molecule has 3 rings (SSSR count). The van der Waals surface area contributed by atoms with E-state index in [1.807, 2.05) is 57.2 Å². The lowest BCUT2D eigenvalue weighted by molar-refractivity contribution is -0.122. The molecule has 1 heterocycles. The van der Waals surface area contributed by atoms with Gasteiger partial charge in [0.2, 0.25) is 5.91 Å².